The third-order valence-electron chi connectivity index (χ3n) is 3.34. The molecule has 0 saturated carbocycles. The van der Waals surface area contributed by atoms with E-state index in [4.69, 9.17) is 11.6 Å². The molecule has 0 heterocycles. The number of non-ortho nitro benzene ring substituents is 1. The number of amides is 1. The highest BCUT2D eigenvalue weighted by molar-refractivity contribution is 6.31. The van der Waals surface area contributed by atoms with Gasteiger partial charge in [0.15, 0.2) is 0 Å². The van der Waals surface area contributed by atoms with E-state index in [9.17, 15) is 20.0 Å². The van der Waals surface area contributed by atoms with E-state index in [2.05, 4.69) is 5.32 Å². The van der Waals surface area contributed by atoms with Crippen molar-refractivity contribution in [1.29, 1.82) is 0 Å². The monoisotopic (exact) mass is 334 g/mol. The molecule has 2 N–H and O–H groups in total. The molecule has 0 saturated heterocycles. The molecule has 2 rings (SSSR count). The van der Waals surface area contributed by atoms with Gasteiger partial charge < -0.3 is 10.4 Å². The molecule has 0 aliphatic heterocycles. The van der Waals surface area contributed by atoms with Crippen LogP contribution in [0.25, 0.3) is 0 Å². The third kappa shape index (κ3) is 4.28. The second-order valence-electron chi connectivity index (χ2n) is 5.28. The molecule has 0 fully saturated rings. The zero-order chi connectivity index (χ0) is 17.0. The maximum absolute atomic E-state index is 12.1. The minimum atomic E-state index is -1.26. The third-order valence-corrected chi connectivity index (χ3v) is 3.56. The van der Waals surface area contributed by atoms with Crippen molar-refractivity contribution < 1.29 is 14.8 Å². The van der Waals surface area contributed by atoms with E-state index < -0.39 is 16.4 Å². The van der Waals surface area contributed by atoms with Crippen molar-refractivity contribution in [3.05, 3.63) is 74.8 Å². The number of benzene rings is 2. The lowest BCUT2D eigenvalue weighted by Gasteiger charge is -2.24. The van der Waals surface area contributed by atoms with Crippen LogP contribution in [-0.2, 0) is 5.60 Å². The minimum Gasteiger partial charge on any atom is -0.384 e. The minimum absolute atomic E-state index is 0.0455. The quantitative estimate of drug-likeness (QED) is 0.649. The number of hydrogen-bond donors (Lipinski definition) is 2. The second-order valence-corrected chi connectivity index (χ2v) is 5.71. The summed E-state index contributed by atoms with van der Waals surface area (Å²) in [5.74, 6) is -0.549. The number of aliphatic hydroxyl groups is 1. The zero-order valence-electron chi connectivity index (χ0n) is 12.3. The molecule has 1 unspecified atom stereocenters. The SMILES string of the molecule is CC(O)(CNC(=O)c1cc(Cl)cc([N+](=O)[O-])c1)c1ccccc1. The molecule has 0 bridgehead atoms. The molecule has 2 aromatic carbocycles. The largest absolute Gasteiger partial charge is 0.384 e. The van der Waals surface area contributed by atoms with Crippen molar-refractivity contribution in [2.24, 2.45) is 0 Å². The number of nitrogens with one attached hydrogen (secondary N) is 1. The predicted octanol–water partition coefficient (Wildman–Crippen LogP) is 2.89. The van der Waals surface area contributed by atoms with Crippen LogP contribution in [0.2, 0.25) is 5.02 Å². The van der Waals surface area contributed by atoms with Gasteiger partial charge in [0.25, 0.3) is 11.6 Å². The number of nitro benzene ring substituents is 1. The van der Waals surface area contributed by atoms with Crippen molar-refractivity contribution in [3.8, 4) is 0 Å². The molecule has 0 spiro atoms. The van der Waals surface area contributed by atoms with E-state index in [1.807, 2.05) is 6.07 Å². The highest BCUT2D eigenvalue weighted by Crippen LogP contribution is 2.22. The van der Waals surface area contributed by atoms with Crippen LogP contribution in [0.1, 0.15) is 22.8 Å². The molecule has 120 valence electrons. The summed E-state index contributed by atoms with van der Waals surface area (Å²) in [4.78, 5) is 22.3. The number of halogens is 1. The van der Waals surface area contributed by atoms with Crippen LogP contribution < -0.4 is 5.32 Å². The van der Waals surface area contributed by atoms with Gasteiger partial charge in [-0.15, -0.1) is 0 Å². The normalized spacial score (nSPS) is 13.2. The van der Waals surface area contributed by atoms with E-state index in [-0.39, 0.29) is 22.8 Å². The van der Waals surface area contributed by atoms with Crippen LogP contribution >= 0.6 is 11.6 Å². The lowest BCUT2D eigenvalue weighted by molar-refractivity contribution is -0.384. The summed E-state index contributed by atoms with van der Waals surface area (Å²) >= 11 is 5.79. The Bertz CT molecular complexity index is 732. The van der Waals surface area contributed by atoms with Crippen LogP contribution in [0, 0.1) is 10.1 Å². The van der Waals surface area contributed by atoms with Crippen LogP contribution in [0.5, 0.6) is 0 Å². The van der Waals surface area contributed by atoms with Gasteiger partial charge in [-0.2, -0.15) is 0 Å². The molecule has 1 atom stereocenters. The van der Waals surface area contributed by atoms with Crippen LogP contribution in [0.4, 0.5) is 5.69 Å². The van der Waals surface area contributed by atoms with Crippen molar-refractivity contribution >= 4 is 23.2 Å². The maximum Gasteiger partial charge on any atom is 0.271 e. The number of nitrogens with zero attached hydrogens (tertiary/aromatic N) is 1. The van der Waals surface area contributed by atoms with Gasteiger partial charge in [0, 0.05) is 22.7 Å². The summed E-state index contributed by atoms with van der Waals surface area (Å²) in [5, 5.41) is 23.9. The first-order valence-corrected chi connectivity index (χ1v) is 7.18. The van der Waals surface area contributed by atoms with E-state index >= 15 is 0 Å². The van der Waals surface area contributed by atoms with Crippen molar-refractivity contribution in [2.45, 2.75) is 12.5 Å². The van der Waals surface area contributed by atoms with E-state index in [1.54, 1.807) is 31.2 Å². The molecule has 0 aliphatic rings. The van der Waals surface area contributed by atoms with E-state index in [0.29, 0.717) is 5.56 Å². The average Bonchev–Trinajstić information content (AvgIpc) is 2.53. The first-order chi connectivity index (χ1) is 10.8. The number of carbonyl (C=O) groups excluding carboxylic acids is 1. The summed E-state index contributed by atoms with van der Waals surface area (Å²) in [7, 11) is 0. The summed E-state index contributed by atoms with van der Waals surface area (Å²) < 4.78 is 0. The standard InChI is InChI=1S/C16H15ClN2O4/c1-16(21,12-5-3-2-4-6-12)10-18-15(20)11-7-13(17)9-14(8-11)19(22)23/h2-9,21H,10H2,1H3,(H,18,20). The lowest BCUT2D eigenvalue weighted by atomic mass is 9.96. The number of hydrogen-bond acceptors (Lipinski definition) is 4. The summed E-state index contributed by atoms with van der Waals surface area (Å²) in [6, 6.07) is 12.5. The number of carbonyl (C=O) groups is 1. The Labute approximate surface area is 137 Å². The zero-order valence-corrected chi connectivity index (χ0v) is 13.1. The van der Waals surface area contributed by atoms with Gasteiger partial charge in [-0.3, -0.25) is 14.9 Å². The lowest BCUT2D eigenvalue weighted by Crippen LogP contribution is -2.38. The number of rotatable bonds is 5. The molecule has 6 nitrogen and oxygen atoms in total. The van der Waals surface area contributed by atoms with Gasteiger partial charge in [-0.25, -0.2) is 0 Å². The Kier molecular flexibility index (Phi) is 4.98. The fraction of sp³-hybridized carbons (Fsp3) is 0.188. The Morgan fingerprint density at radius 2 is 1.96 bits per heavy atom. The second kappa shape index (κ2) is 6.76. The van der Waals surface area contributed by atoms with Gasteiger partial charge >= 0.3 is 0 Å². The number of nitro groups is 1. The van der Waals surface area contributed by atoms with Gasteiger partial charge in [0.05, 0.1) is 11.5 Å². The van der Waals surface area contributed by atoms with Crippen molar-refractivity contribution in [1.82, 2.24) is 5.32 Å². The first-order valence-electron chi connectivity index (χ1n) is 6.81. The van der Waals surface area contributed by atoms with Crippen LogP contribution in [0.3, 0.4) is 0 Å². The highest BCUT2D eigenvalue weighted by atomic mass is 35.5. The average molecular weight is 335 g/mol. The maximum atomic E-state index is 12.1. The topological polar surface area (TPSA) is 92.5 Å². The Hall–Kier alpha value is -2.44. The molecule has 0 aliphatic carbocycles. The summed E-state index contributed by atoms with van der Waals surface area (Å²) in [5.41, 5.74) is -0.815. The van der Waals surface area contributed by atoms with Crippen LogP contribution in [0.15, 0.2) is 48.5 Å². The van der Waals surface area contributed by atoms with Gasteiger partial charge in [0.2, 0.25) is 0 Å². The van der Waals surface area contributed by atoms with Gasteiger partial charge in [-0.1, -0.05) is 41.9 Å². The van der Waals surface area contributed by atoms with Crippen molar-refractivity contribution in [3.63, 3.8) is 0 Å². The molecule has 0 radical (unpaired) electrons. The molecule has 23 heavy (non-hydrogen) atoms. The van der Waals surface area contributed by atoms with E-state index in [1.165, 1.54) is 12.1 Å². The molecule has 0 aromatic heterocycles. The van der Waals surface area contributed by atoms with Crippen LogP contribution in [-0.4, -0.2) is 22.5 Å². The molecule has 2 aromatic rings. The summed E-state index contributed by atoms with van der Waals surface area (Å²) in [6.07, 6.45) is 0. The molecular weight excluding hydrogens is 320 g/mol. The summed E-state index contributed by atoms with van der Waals surface area (Å²) in [6.45, 7) is 1.53. The fourth-order valence-corrected chi connectivity index (χ4v) is 2.29. The van der Waals surface area contributed by atoms with Gasteiger partial charge in [-0.05, 0) is 18.6 Å². The smallest absolute Gasteiger partial charge is 0.271 e. The predicted molar refractivity (Wildman–Crippen MR) is 86.5 cm³/mol. The first kappa shape index (κ1) is 16.9. The highest BCUT2D eigenvalue weighted by Gasteiger charge is 2.24. The van der Waals surface area contributed by atoms with Gasteiger partial charge in [0.1, 0.15) is 5.60 Å². The molecule has 1 amide bonds. The fourth-order valence-electron chi connectivity index (χ4n) is 2.06. The Balaban J connectivity index is 2.12. The molecular formula is C16H15ClN2O4. The Morgan fingerprint density at radius 3 is 2.57 bits per heavy atom. The van der Waals surface area contributed by atoms with E-state index in [0.717, 1.165) is 6.07 Å². The van der Waals surface area contributed by atoms with Crippen molar-refractivity contribution in [2.75, 3.05) is 6.54 Å². The molecule has 7 heteroatoms. The Morgan fingerprint density at radius 1 is 1.30 bits per heavy atom.